The summed E-state index contributed by atoms with van der Waals surface area (Å²) in [5.74, 6) is -1.26. The quantitative estimate of drug-likeness (QED) is 0.267. The van der Waals surface area contributed by atoms with E-state index in [1.807, 2.05) is 60.7 Å². The van der Waals surface area contributed by atoms with Crippen molar-refractivity contribution in [1.82, 2.24) is 4.90 Å². The summed E-state index contributed by atoms with van der Waals surface area (Å²) in [6.45, 7) is 0. The summed E-state index contributed by atoms with van der Waals surface area (Å²) in [4.78, 5) is 40.5. The van der Waals surface area contributed by atoms with Crippen LogP contribution in [-0.2, 0) is 11.2 Å². The molecule has 2 amide bonds. The molecule has 4 aromatic carbocycles. The predicted octanol–water partition coefficient (Wildman–Crippen LogP) is 4.65. The molecule has 0 fully saturated rings. The zero-order valence-electron chi connectivity index (χ0n) is 17.1. The molecule has 156 valence electrons. The normalized spacial score (nSPS) is 13.8. The van der Waals surface area contributed by atoms with Gasteiger partial charge in [0.2, 0.25) is 0 Å². The van der Waals surface area contributed by atoms with E-state index >= 15 is 0 Å². The zero-order chi connectivity index (χ0) is 22.1. The van der Waals surface area contributed by atoms with Crippen molar-refractivity contribution >= 4 is 28.6 Å². The van der Waals surface area contributed by atoms with Crippen LogP contribution < -0.4 is 4.74 Å². The Hall–Kier alpha value is -4.25. The Morgan fingerprint density at radius 1 is 0.719 bits per heavy atom. The van der Waals surface area contributed by atoms with Gasteiger partial charge in [0.15, 0.2) is 0 Å². The lowest BCUT2D eigenvalue weighted by Gasteiger charge is -2.24. The van der Waals surface area contributed by atoms with Gasteiger partial charge in [-0.15, -0.1) is 0 Å². The van der Waals surface area contributed by atoms with Crippen molar-refractivity contribution in [2.24, 2.45) is 0 Å². The number of imide groups is 1. The van der Waals surface area contributed by atoms with E-state index in [0.29, 0.717) is 16.9 Å². The van der Waals surface area contributed by atoms with Gasteiger partial charge in [-0.1, -0.05) is 72.8 Å². The molecule has 5 nitrogen and oxygen atoms in total. The minimum Gasteiger partial charge on any atom is -0.425 e. The van der Waals surface area contributed by atoms with Crippen molar-refractivity contribution in [2.45, 2.75) is 12.5 Å². The molecule has 0 radical (unpaired) electrons. The molecular formula is C27H19NO4. The summed E-state index contributed by atoms with van der Waals surface area (Å²) in [7, 11) is 0. The average Bonchev–Trinajstić information content (AvgIpc) is 3.08. The molecule has 4 aromatic rings. The first kappa shape index (κ1) is 19.7. The summed E-state index contributed by atoms with van der Waals surface area (Å²) >= 11 is 0. The Bertz CT molecular complexity index is 1310. The lowest BCUT2D eigenvalue weighted by atomic mass is 10.0. The Morgan fingerprint density at radius 3 is 2.00 bits per heavy atom. The summed E-state index contributed by atoms with van der Waals surface area (Å²) in [5.41, 5.74) is 1.42. The number of amides is 2. The molecule has 0 N–H and O–H groups in total. The first-order chi connectivity index (χ1) is 15.6. The molecule has 0 aromatic heterocycles. The lowest BCUT2D eigenvalue weighted by Crippen LogP contribution is -2.48. The number of hydrogen-bond acceptors (Lipinski definition) is 4. The van der Waals surface area contributed by atoms with E-state index in [9.17, 15) is 14.4 Å². The number of hydrogen-bond donors (Lipinski definition) is 0. The molecule has 0 saturated carbocycles. The summed E-state index contributed by atoms with van der Waals surface area (Å²) < 4.78 is 5.68. The molecule has 0 unspecified atom stereocenters. The van der Waals surface area contributed by atoms with Gasteiger partial charge in [-0.05, 0) is 40.6 Å². The van der Waals surface area contributed by atoms with Crippen LogP contribution in [-0.4, -0.2) is 28.7 Å². The third kappa shape index (κ3) is 3.54. The molecule has 0 aliphatic carbocycles. The fourth-order valence-corrected chi connectivity index (χ4v) is 4.02. The highest BCUT2D eigenvalue weighted by molar-refractivity contribution is 6.22. The molecule has 0 saturated heterocycles. The van der Waals surface area contributed by atoms with E-state index in [4.69, 9.17) is 4.74 Å². The van der Waals surface area contributed by atoms with Crippen LogP contribution >= 0.6 is 0 Å². The summed E-state index contributed by atoms with van der Waals surface area (Å²) in [6, 6.07) is 27.9. The lowest BCUT2D eigenvalue weighted by molar-refractivity contribution is -0.138. The number of benzene rings is 4. The molecular weight excluding hydrogens is 402 g/mol. The van der Waals surface area contributed by atoms with Gasteiger partial charge in [0.1, 0.15) is 11.8 Å². The first-order valence-corrected chi connectivity index (χ1v) is 10.3. The molecule has 5 heteroatoms. The van der Waals surface area contributed by atoms with Gasteiger partial charge in [0, 0.05) is 6.42 Å². The van der Waals surface area contributed by atoms with E-state index < -0.39 is 23.8 Å². The Kier molecular flexibility index (Phi) is 5.00. The molecule has 1 aliphatic heterocycles. The maximum atomic E-state index is 13.3. The molecule has 1 atom stereocenters. The van der Waals surface area contributed by atoms with Crippen LogP contribution in [0.25, 0.3) is 10.8 Å². The Labute approximate surface area is 184 Å². The van der Waals surface area contributed by atoms with Crippen molar-refractivity contribution in [3.05, 3.63) is 114 Å². The fraction of sp³-hybridized carbons (Fsp3) is 0.0741. The van der Waals surface area contributed by atoms with Gasteiger partial charge in [0.25, 0.3) is 11.8 Å². The maximum absolute atomic E-state index is 13.3. The monoisotopic (exact) mass is 421 g/mol. The largest absolute Gasteiger partial charge is 0.425 e. The fourth-order valence-electron chi connectivity index (χ4n) is 4.02. The second kappa shape index (κ2) is 8.12. The van der Waals surface area contributed by atoms with Crippen molar-refractivity contribution in [2.75, 3.05) is 0 Å². The highest BCUT2D eigenvalue weighted by atomic mass is 16.5. The average molecular weight is 421 g/mol. The van der Waals surface area contributed by atoms with Crippen LogP contribution in [0.15, 0.2) is 97.1 Å². The van der Waals surface area contributed by atoms with Gasteiger partial charge in [-0.3, -0.25) is 14.5 Å². The summed E-state index contributed by atoms with van der Waals surface area (Å²) in [5, 5.41) is 1.95. The number of rotatable bonds is 5. The third-order valence-electron chi connectivity index (χ3n) is 5.62. The van der Waals surface area contributed by atoms with E-state index in [0.717, 1.165) is 21.2 Å². The van der Waals surface area contributed by atoms with Crippen LogP contribution in [0.2, 0.25) is 0 Å². The number of ether oxygens (including phenoxy) is 1. The minimum atomic E-state index is -1.09. The number of carbonyl (C=O) groups excluding carboxylic acids is 3. The third-order valence-corrected chi connectivity index (χ3v) is 5.62. The Morgan fingerprint density at radius 2 is 1.31 bits per heavy atom. The van der Waals surface area contributed by atoms with Gasteiger partial charge in [-0.2, -0.15) is 0 Å². The van der Waals surface area contributed by atoms with Crippen molar-refractivity contribution < 1.29 is 19.1 Å². The van der Waals surface area contributed by atoms with E-state index in [1.165, 1.54) is 0 Å². The first-order valence-electron chi connectivity index (χ1n) is 10.3. The van der Waals surface area contributed by atoms with Crippen molar-refractivity contribution in [3.63, 3.8) is 0 Å². The van der Waals surface area contributed by atoms with Crippen LogP contribution in [0.5, 0.6) is 5.75 Å². The van der Waals surface area contributed by atoms with E-state index in [-0.39, 0.29) is 6.42 Å². The zero-order valence-corrected chi connectivity index (χ0v) is 17.1. The highest BCUT2D eigenvalue weighted by Crippen LogP contribution is 2.27. The molecule has 32 heavy (non-hydrogen) atoms. The number of nitrogens with zero attached hydrogens (tertiary/aromatic N) is 1. The van der Waals surface area contributed by atoms with Gasteiger partial charge < -0.3 is 4.74 Å². The maximum Gasteiger partial charge on any atom is 0.335 e. The van der Waals surface area contributed by atoms with Crippen LogP contribution in [0, 0.1) is 0 Å². The summed E-state index contributed by atoms with van der Waals surface area (Å²) in [6.07, 6.45) is 0.165. The molecule has 0 bridgehead atoms. The predicted molar refractivity (Wildman–Crippen MR) is 120 cm³/mol. The number of esters is 1. The second-order valence-electron chi connectivity index (χ2n) is 7.66. The van der Waals surface area contributed by atoms with Crippen molar-refractivity contribution in [3.8, 4) is 5.75 Å². The number of fused-ring (bicyclic) bond motifs is 2. The minimum absolute atomic E-state index is 0.165. The van der Waals surface area contributed by atoms with Gasteiger partial charge in [-0.25, -0.2) is 4.79 Å². The Balaban J connectivity index is 1.49. The van der Waals surface area contributed by atoms with E-state index in [1.54, 1.807) is 36.4 Å². The van der Waals surface area contributed by atoms with Crippen molar-refractivity contribution in [1.29, 1.82) is 0 Å². The molecule has 0 spiro atoms. The molecule has 1 heterocycles. The molecule has 5 rings (SSSR count). The standard InChI is InChI=1S/C27H19NO4/c29-25-22-12-6-7-13-23(22)26(30)28(25)24(16-18-8-2-1-3-9-18)27(31)32-21-15-14-19-10-4-5-11-20(19)17-21/h1-15,17,24H,16H2/t24-/m0/s1. The van der Waals surface area contributed by atoms with E-state index in [2.05, 4.69) is 0 Å². The molecule has 1 aliphatic rings. The van der Waals surface area contributed by atoms with Gasteiger partial charge >= 0.3 is 5.97 Å². The topological polar surface area (TPSA) is 63.7 Å². The van der Waals surface area contributed by atoms with Crippen LogP contribution in [0.3, 0.4) is 0 Å². The van der Waals surface area contributed by atoms with Gasteiger partial charge in [0.05, 0.1) is 11.1 Å². The smallest absolute Gasteiger partial charge is 0.335 e. The number of carbonyl (C=O) groups is 3. The second-order valence-corrected chi connectivity index (χ2v) is 7.66. The highest BCUT2D eigenvalue weighted by Gasteiger charge is 2.43. The SMILES string of the molecule is O=C(Oc1ccc2ccccc2c1)[C@H](Cc1ccccc1)N1C(=O)c2ccccc2C1=O. The van der Waals surface area contributed by atoms with Crippen LogP contribution in [0.4, 0.5) is 0 Å². The van der Waals surface area contributed by atoms with Crippen LogP contribution in [0.1, 0.15) is 26.3 Å².